The summed E-state index contributed by atoms with van der Waals surface area (Å²) in [6.45, 7) is 2.09. The van der Waals surface area contributed by atoms with Crippen molar-refractivity contribution in [2.24, 2.45) is 10.7 Å². The first kappa shape index (κ1) is 21.3. The van der Waals surface area contributed by atoms with Crippen LogP contribution in [0.25, 0.3) is 5.00 Å². The maximum atomic E-state index is 12.5. The fourth-order valence-corrected chi connectivity index (χ4v) is 5.93. The normalized spacial score (nSPS) is 20.9. The van der Waals surface area contributed by atoms with Crippen molar-refractivity contribution in [3.8, 4) is 5.00 Å². The Kier molecular flexibility index (Phi) is 5.39. The van der Waals surface area contributed by atoms with Gasteiger partial charge in [0.25, 0.3) is 5.66 Å². The minimum atomic E-state index is -2.08. The predicted octanol–water partition coefficient (Wildman–Crippen LogP) is 4.64. The third-order valence-electron chi connectivity index (χ3n) is 6.31. The van der Waals surface area contributed by atoms with Gasteiger partial charge in [0.05, 0.1) is 5.71 Å². The SMILES string of the molecule is CCc1cc2c(s1)-n1c(C3CCCCC3)nnc1C(N)(C(=O)O)N=C2c1ccccc1Cl. The Morgan fingerprint density at radius 3 is 2.69 bits per heavy atom. The molecule has 166 valence electrons. The van der Waals surface area contributed by atoms with Crippen LogP contribution in [0.4, 0.5) is 0 Å². The van der Waals surface area contributed by atoms with Crippen LogP contribution in [0, 0.1) is 0 Å². The van der Waals surface area contributed by atoms with Crippen molar-refractivity contribution < 1.29 is 9.90 Å². The fourth-order valence-electron chi connectivity index (χ4n) is 4.60. The van der Waals surface area contributed by atoms with Crippen LogP contribution in [0.2, 0.25) is 5.02 Å². The van der Waals surface area contributed by atoms with Gasteiger partial charge in [-0.3, -0.25) is 10.3 Å². The minimum Gasteiger partial charge on any atom is -0.478 e. The van der Waals surface area contributed by atoms with E-state index in [9.17, 15) is 9.90 Å². The molecule has 1 unspecified atom stereocenters. The van der Waals surface area contributed by atoms with Gasteiger partial charge < -0.3 is 5.11 Å². The van der Waals surface area contributed by atoms with Gasteiger partial charge in [0, 0.05) is 26.9 Å². The van der Waals surface area contributed by atoms with Gasteiger partial charge in [-0.2, -0.15) is 0 Å². The predicted molar refractivity (Wildman–Crippen MR) is 125 cm³/mol. The van der Waals surface area contributed by atoms with Gasteiger partial charge in [0.2, 0.25) is 0 Å². The minimum absolute atomic E-state index is 0.137. The summed E-state index contributed by atoms with van der Waals surface area (Å²) < 4.78 is 1.87. The molecule has 32 heavy (non-hydrogen) atoms. The van der Waals surface area contributed by atoms with E-state index in [0.29, 0.717) is 16.3 Å². The number of rotatable bonds is 4. The molecule has 3 N–H and O–H groups in total. The summed E-state index contributed by atoms with van der Waals surface area (Å²) in [5.74, 6) is -0.155. The molecular formula is C23H24ClN5O2S. The number of benzene rings is 1. The van der Waals surface area contributed by atoms with Gasteiger partial charge in [-0.15, -0.1) is 21.5 Å². The molecule has 0 spiro atoms. The number of aliphatic carboxylic acids is 1. The van der Waals surface area contributed by atoms with Crippen molar-refractivity contribution in [2.75, 3.05) is 0 Å². The van der Waals surface area contributed by atoms with Crippen molar-refractivity contribution in [2.45, 2.75) is 57.0 Å². The molecule has 1 fully saturated rings. The largest absolute Gasteiger partial charge is 0.478 e. The molecule has 1 aromatic carbocycles. The number of halogens is 1. The van der Waals surface area contributed by atoms with Gasteiger partial charge in [0.15, 0.2) is 5.82 Å². The lowest BCUT2D eigenvalue weighted by molar-refractivity contribution is -0.143. The molecule has 1 aliphatic carbocycles. The lowest BCUT2D eigenvalue weighted by Crippen LogP contribution is -2.45. The van der Waals surface area contributed by atoms with Gasteiger partial charge in [-0.05, 0) is 31.4 Å². The van der Waals surface area contributed by atoms with E-state index in [1.54, 1.807) is 17.4 Å². The topological polar surface area (TPSA) is 106 Å². The lowest BCUT2D eigenvalue weighted by Gasteiger charge is -2.23. The van der Waals surface area contributed by atoms with Crippen LogP contribution in [0.3, 0.4) is 0 Å². The number of nitrogens with zero attached hydrogens (tertiary/aromatic N) is 4. The summed E-state index contributed by atoms with van der Waals surface area (Å²) in [5, 5.41) is 20.3. The third kappa shape index (κ3) is 3.29. The van der Waals surface area contributed by atoms with E-state index in [4.69, 9.17) is 17.3 Å². The average molecular weight is 470 g/mol. The Morgan fingerprint density at radius 1 is 1.25 bits per heavy atom. The Morgan fingerprint density at radius 2 is 2.00 bits per heavy atom. The quantitative estimate of drug-likeness (QED) is 0.578. The van der Waals surface area contributed by atoms with Crippen molar-refractivity contribution in [3.05, 3.63) is 63.0 Å². The molecule has 0 bridgehead atoms. The molecule has 0 amide bonds. The molecule has 1 atom stereocenters. The molecule has 2 aliphatic rings. The molecule has 3 heterocycles. The molecular weight excluding hydrogens is 446 g/mol. The molecule has 0 radical (unpaired) electrons. The maximum Gasteiger partial charge on any atom is 0.354 e. The number of carboxylic acid groups (broad SMARTS) is 1. The van der Waals surface area contributed by atoms with E-state index < -0.39 is 11.6 Å². The molecule has 1 aliphatic heterocycles. The number of aromatic nitrogens is 3. The van der Waals surface area contributed by atoms with Gasteiger partial charge >= 0.3 is 5.97 Å². The maximum absolute atomic E-state index is 12.5. The zero-order chi connectivity index (χ0) is 22.5. The van der Waals surface area contributed by atoms with Crippen LogP contribution < -0.4 is 5.73 Å². The molecule has 2 aromatic heterocycles. The van der Waals surface area contributed by atoms with Crippen molar-refractivity contribution in [3.63, 3.8) is 0 Å². The van der Waals surface area contributed by atoms with E-state index in [1.807, 2.05) is 22.8 Å². The smallest absolute Gasteiger partial charge is 0.354 e. The van der Waals surface area contributed by atoms with Crippen LogP contribution in [-0.4, -0.2) is 31.6 Å². The summed E-state index contributed by atoms with van der Waals surface area (Å²) in [6, 6.07) is 9.35. The summed E-state index contributed by atoms with van der Waals surface area (Å²) in [5.41, 5.74) is 6.33. The number of nitrogens with two attached hydrogens (primary N) is 1. The molecule has 5 rings (SSSR count). The molecule has 1 saturated carbocycles. The molecule has 9 heteroatoms. The Hall–Kier alpha value is -2.55. The summed E-state index contributed by atoms with van der Waals surface area (Å²) in [7, 11) is 0. The van der Waals surface area contributed by atoms with E-state index in [-0.39, 0.29) is 11.7 Å². The van der Waals surface area contributed by atoms with Gasteiger partial charge in [-0.1, -0.05) is 56.0 Å². The van der Waals surface area contributed by atoms with E-state index in [2.05, 4.69) is 28.2 Å². The number of carbonyl (C=O) groups is 1. The van der Waals surface area contributed by atoms with Gasteiger partial charge in [0.1, 0.15) is 10.8 Å². The summed E-state index contributed by atoms with van der Waals surface area (Å²) in [6.07, 6.45) is 6.30. The van der Waals surface area contributed by atoms with E-state index in [1.165, 1.54) is 6.42 Å². The van der Waals surface area contributed by atoms with Crippen LogP contribution >= 0.6 is 22.9 Å². The lowest BCUT2D eigenvalue weighted by atomic mass is 9.88. The number of thiophene rings is 1. The second kappa shape index (κ2) is 8.10. The second-order valence-electron chi connectivity index (χ2n) is 8.35. The first-order valence-electron chi connectivity index (χ1n) is 10.9. The number of fused-ring (bicyclic) bond motifs is 3. The number of hydrogen-bond acceptors (Lipinski definition) is 6. The first-order chi connectivity index (χ1) is 15.4. The Labute approximate surface area is 195 Å². The zero-order valence-corrected chi connectivity index (χ0v) is 19.3. The first-order valence-corrected chi connectivity index (χ1v) is 12.1. The highest BCUT2D eigenvalue weighted by Crippen LogP contribution is 2.41. The third-order valence-corrected chi connectivity index (χ3v) is 7.91. The fraction of sp³-hybridized carbons (Fsp3) is 0.391. The number of aliphatic imine (C=N–C) groups is 1. The highest BCUT2D eigenvalue weighted by Gasteiger charge is 2.46. The van der Waals surface area contributed by atoms with Gasteiger partial charge in [-0.25, -0.2) is 9.79 Å². The molecule has 3 aromatic rings. The second-order valence-corrected chi connectivity index (χ2v) is 9.87. The summed E-state index contributed by atoms with van der Waals surface area (Å²) >= 11 is 8.13. The summed E-state index contributed by atoms with van der Waals surface area (Å²) in [4.78, 5) is 18.3. The average Bonchev–Trinajstić information content (AvgIpc) is 3.41. The monoisotopic (exact) mass is 469 g/mol. The van der Waals surface area contributed by atoms with Crippen molar-refractivity contribution in [1.29, 1.82) is 0 Å². The Bertz CT molecular complexity index is 1230. The Balaban J connectivity index is 1.82. The highest BCUT2D eigenvalue weighted by molar-refractivity contribution is 7.15. The van der Waals surface area contributed by atoms with E-state index in [0.717, 1.165) is 53.4 Å². The number of hydrogen-bond donors (Lipinski definition) is 2. The number of aryl methyl sites for hydroxylation is 1. The van der Waals surface area contributed by atoms with E-state index >= 15 is 0 Å². The van der Waals surface area contributed by atoms with Crippen LogP contribution in [0.1, 0.15) is 72.6 Å². The molecule has 0 saturated heterocycles. The van der Waals surface area contributed by atoms with Crippen molar-refractivity contribution in [1.82, 2.24) is 14.8 Å². The van der Waals surface area contributed by atoms with Crippen LogP contribution in [0.15, 0.2) is 35.3 Å². The standard InChI is InChI=1S/C23H24ClN5O2S/c1-2-14-12-16-18(15-10-6-7-11-17(15)24)26-23(25,22(30)31)21-28-27-19(29(21)20(16)32-14)13-8-4-3-5-9-13/h6-7,10-13H,2-5,8-9,25H2,1H3,(H,30,31). The zero-order valence-electron chi connectivity index (χ0n) is 17.7. The molecule has 7 nitrogen and oxygen atoms in total. The highest BCUT2D eigenvalue weighted by atomic mass is 35.5. The number of carboxylic acids is 1. The van der Waals surface area contributed by atoms with Crippen LogP contribution in [0.5, 0.6) is 0 Å². The van der Waals surface area contributed by atoms with Crippen molar-refractivity contribution >= 4 is 34.6 Å². The van der Waals surface area contributed by atoms with Crippen LogP contribution in [-0.2, 0) is 16.9 Å².